The lowest BCUT2D eigenvalue weighted by Gasteiger charge is -2.32. The number of amides is 2. The fourth-order valence-electron chi connectivity index (χ4n) is 3.05. The Bertz CT molecular complexity index is 718. The molecule has 146 valence electrons. The highest BCUT2D eigenvalue weighted by Crippen LogP contribution is 2.24. The van der Waals surface area contributed by atoms with Gasteiger partial charge in [-0.05, 0) is 29.5 Å². The first-order valence-corrected chi connectivity index (χ1v) is 9.14. The summed E-state index contributed by atoms with van der Waals surface area (Å²) in [5.41, 5.74) is 7.22. The lowest BCUT2D eigenvalue weighted by molar-refractivity contribution is -0.141. The highest BCUT2D eigenvalue weighted by atomic mass is 16.3. The third-order valence-electron chi connectivity index (χ3n) is 4.86. The molecule has 0 unspecified atom stereocenters. The standard InChI is InChI=1S/C20H28N4O3/c1-20(2,3)17(22)19(27)24-12-15(25)10-16(24)18(26)23-9-8-13-4-6-14(11-21)7-5-13/h4-7,15-17,25H,8-10,12,22H2,1-3H3,(H,23,26)/t15-,16-,17+/m0/s1. The molecule has 4 N–H and O–H groups in total. The first-order valence-electron chi connectivity index (χ1n) is 9.14. The van der Waals surface area contributed by atoms with E-state index >= 15 is 0 Å². The number of nitrogens with one attached hydrogen (secondary N) is 1. The topological polar surface area (TPSA) is 119 Å². The van der Waals surface area contributed by atoms with Gasteiger partial charge in [-0.1, -0.05) is 32.9 Å². The number of hydrogen-bond donors (Lipinski definition) is 3. The van der Waals surface area contributed by atoms with E-state index in [1.165, 1.54) is 4.90 Å². The summed E-state index contributed by atoms with van der Waals surface area (Å²) >= 11 is 0. The molecule has 2 amide bonds. The Morgan fingerprint density at radius 3 is 2.56 bits per heavy atom. The Hall–Kier alpha value is -2.43. The maximum Gasteiger partial charge on any atom is 0.242 e. The van der Waals surface area contributed by atoms with Crippen molar-refractivity contribution in [2.45, 2.75) is 51.8 Å². The minimum Gasteiger partial charge on any atom is -0.391 e. The fourth-order valence-corrected chi connectivity index (χ4v) is 3.05. The highest BCUT2D eigenvalue weighted by Gasteiger charge is 2.42. The first-order chi connectivity index (χ1) is 12.6. The van der Waals surface area contributed by atoms with E-state index in [0.29, 0.717) is 18.5 Å². The van der Waals surface area contributed by atoms with Crippen molar-refractivity contribution in [1.82, 2.24) is 10.2 Å². The second kappa shape index (κ2) is 8.51. The zero-order valence-corrected chi connectivity index (χ0v) is 16.1. The van der Waals surface area contributed by atoms with Crippen molar-refractivity contribution < 1.29 is 14.7 Å². The molecule has 0 aliphatic carbocycles. The van der Waals surface area contributed by atoms with Crippen molar-refractivity contribution in [3.63, 3.8) is 0 Å². The van der Waals surface area contributed by atoms with E-state index in [2.05, 4.69) is 11.4 Å². The van der Waals surface area contributed by atoms with Gasteiger partial charge in [0.15, 0.2) is 0 Å². The van der Waals surface area contributed by atoms with Crippen LogP contribution in [0.15, 0.2) is 24.3 Å². The van der Waals surface area contributed by atoms with E-state index in [-0.39, 0.29) is 24.8 Å². The smallest absolute Gasteiger partial charge is 0.242 e. The number of nitrogens with zero attached hydrogens (tertiary/aromatic N) is 2. The molecule has 0 aromatic heterocycles. The maximum atomic E-state index is 12.7. The van der Waals surface area contributed by atoms with Crippen LogP contribution < -0.4 is 11.1 Å². The van der Waals surface area contributed by atoms with E-state index in [1.807, 2.05) is 32.9 Å². The van der Waals surface area contributed by atoms with E-state index in [4.69, 9.17) is 11.0 Å². The molecule has 1 saturated heterocycles. The van der Waals surface area contributed by atoms with Gasteiger partial charge in [0, 0.05) is 19.5 Å². The molecule has 2 rings (SSSR count). The minimum absolute atomic E-state index is 0.121. The molecule has 27 heavy (non-hydrogen) atoms. The van der Waals surface area contributed by atoms with Gasteiger partial charge in [0.25, 0.3) is 0 Å². The van der Waals surface area contributed by atoms with Crippen LogP contribution in [0.5, 0.6) is 0 Å². The monoisotopic (exact) mass is 372 g/mol. The number of aliphatic hydroxyl groups is 1. The summed E-state index contributed by atoms with van der Waals surface area (Å²) in [5.74, 6) is -0.596. The van der Waals surface area contributed by atoms with E-state index in [0.717, 1.165) is 5.56 Å². The molecule has 3 atom stereocenters. The third kappa shape index (κ3) is 5.28. The number of carbonyl (C=O) groups excluding carboxylic acids is 2. The fraction of sp³-hybridized carbons (Fsp3) is 0.550. The van der Waals surface area contributed by atoms with Gasteiger partial charge in [0.05, 0.1) is 23.8 Å². The zero-order chi connectivity index (χ0) is 20.2. The van der Waals surface area contributed by atoms with Crippen LogP contribution in [0, 0.1) is 16.7 Å². The molecule has 0 radical (unpaired) electrons. The number of β-amino-alcohol motifs (C(OH)–C–C–N with tert-alkyl or cyclic N) is 1. The van der Waals surface area contributed by atoms with Crippen LogP contribution in [0.4, 0.5) is 0 Å². The predicted octanol–water partition coefficient (Wildman–Crippen LogP) is 0.552. The van der Waals surface area contributed by atoms with E-state index < -0.39 is 23.6 Å². The Balaban J connectivity index is 1.94. The first kappa shape index (κ1) is 20.9. The lowest BCUT2D eigenvalue weighted by Crippen LogP contribution is -2.55. The Morgan fingerprint density at radius 1 is 1.37 bits per heavy atom. The van der Waals surface area contributed by atoms with Gasteiger partial charge in [0.1, 0.15) is 6.04 Å². The summed E-state index contributed by atoms with van der Waals surface area (Å²) in [4.78, 5) is 26.7. The summed E-state index contributed by atoms with van der Waals surface area (Å²) in [5, 5.41) is 21.6. The molecule has 1 heterocycles. The summed E-state index contributed by atoms with van der Waals surface area (Å²) in [6, 6.07) is 7.79. The van der Waals surface area contributed by atoms with Crippen LogP contribution in [0.2, 0.25) is 0 Å². The summed E-state index contributed by atoms with van der Waals surface area (Å²) < 4.78 is 0. The number of nitrogens with two attached hydrogens (primary N) is 1. The molecular formula is C20H28N4O3. The Labute approximate surface area is 160 Å². The predicted molar refractivity (Wildman–Crippen MR) is 101 cm³/mol. The number of rotatable bonds is 5. The third-order valence-corrected chi connectivity index (χ3v) is 4.86. The molecule has 1 fully saturated rings. The summed E-state index contributed by atoms with van der Waals surface area (Å²) in [6.45, 7) is 6.14. The average molecular weight is 372 g/mol. The van der Waals surface area contributed by atoms with Crippen LogP contribution >= 0.6 is 0 Å². The molecule has 1 aliphatic heterocycles. The van der Waals surface area contributed by atoms with Gasteiger partial charge < -0.3 is 21.1 Å². The molecule has 1 aromatic carbocycles. The number of hydrogen-bond acceptors (Lipinski definition) is 5. The van der Waals surface area contributed by atoms with Crippen molar-refractivity contribution in [2.75, 3.05) is 13.1 Å². The van der Waals surface area contributed by atoms with Crippen LogP contribution in [-0.2, 0) is 16.0 Å². The molecule has 0 spiro atoms. The number of benzene rings is 1. The van der Waals surface area contributed by atoms with E-state index in [1.54, 1.807) is 12.1 Å². The van der Waals surface area contributed by atoms with Gasteiger partial charge in [0.2, 0.25) is 11.8 Å². The average Bonchev–Trinajstić information content (AvgIpc) is 3.02. The maximum absolute atomic E-state index is 12.7. The second-order valence-electron chi connectivity index (χ2n) is 8.09. The van der Waals surface area contributed by atoms with E-state index in [9.17, 15) is 14.7 Å². The second-order valence-corrected chi connectivity index (χ2v) is 8.09. The van der Waals surface area contributed by atoms with Gasteiger partial charge in [-0.2, -0.15) is 5.26 Å². The van der Waals surface area contributed by atoms with Crippen molar-refractivity contribution in [3.8, 4) is 6.07 Å². The lowest BCUT2D eigenvalue weighted by atomic mass is 9.86. The molecule has 0 bridgehead atoms. The largest absolute Gasteiger partial charge is 0.391 e. The van der Waals surface area contributed by atoms with Crippen LogP contribution in [0.1, 0.15) is 38.3 Å². The van der Waals surface area contributed by atoms with Gasteiger partial charge in [-0.15, -0.1) is 0 Å². The van der Waals surface area contributed by atoms with Gasteiger partial charge in [-0.25, -0.2) is 0 Å². The van der Waals surface area contributed by atoms with Crippen molar-refractivity contribution in [2.24, 2.45) is 11.1 Å². The van der Waals surface area contributed by atoms with Crippen molar-refractivity contribution in [3.05, 3.63) is 35.4 Å². The zero-order valence-electron chi connectivity index (χ0n) is 16.1. The number of aliphatic hydroxyl groups excluding tert-OH is 1. The molecule has 0 saturated carbocycles. The van der Waals surface area contributed by atoms with Gasteiger partial charge in [-0.3, -0.25) is 9.59 Å². The van der Waals surface area contributed by atoms with Crippen LogP contribution in [0.3, 0.4) is 0 Å². The van der Waals surface area contributed by atoms with Crippen LogP contribution in [0.25, 0.3) is 0 Å². The summed E-state index contributed by atoms with van der Waals surface area (Å²) in [7, 11) is 0. The Kier molecular flexibility index (Phi) is 6.58. The van der Waals surface area contributed by atoms with Crippen molar-refractivity contribution >= 4 is 11.8 Å². The number of likely N-dealkylation sites (tertiary alicyclic amines) is 1. The molecule has 1 aliphatic rings. The molecule has 1 aromatic rings. The molecule has 7 nitrogen and oxygen atoms in total. The van der Waals surface area contributed by atoms with Crippen molar-refractivity contribution in [1.29, 1.82) is 5.26 Å². The number of nitriles is 1. The van der Waals surface area contributed by atoms with Crippen LogP contribution in [-0.4, -0.2) is 53.1 Å². The highest BCUT2D eigenvalue weighted by molar-refractivity contribution is 5.90. The molecular weight excluding hydrogens is 344 g/mol. The normalized spacial score (nSPS) is 20.8. The number of carbonyl (C=O) groups is 2. The SMILES string of the molecule is CC(C)(C)[C@H](N)C(=O)N1C[C@@H](O)C[C@H]1C(=O)NCCc1ccc(C#N)cc1. The Morgan fingerprint density at radius 2 is 2.00 bits per heavy atom. The molecule has 7 heteroatoms. The quantitative estimate of drug-likeness (QED) is 0.697. The minimum atomic E-state index is -0.739. The van der Waals surface area contributed by atoms with Gasteiger partial charge >= 0.3 is 0 Å². The summed E-state index contributed by atoms with van der Waals surface area (Å²) in [6.07, 6.45) is 0.100.